The van der Waals surface area contributed by atoms with Crippen molar-refractivity contribution in [2.24, 2.45) is 0 Å². The third kappa shape index (κ3) is 1.21. The molecule has 0 saturated carbocycles. The monoisotopic (exact) mass is 225 g/mol. The largest absolute Gasteiger partial charge is 0.454 e. The molecule has 0 N–H and O–H groups in total. The van der Waals surface area contributed by atoms with Crippen LogP contribution in [-0.4, -0.2) is 15.4 Å². The molecule has 0 spiro atoms. The summed E-state index contributed by atoms with van der Waals surface area (Å²) in [6.45, 7) is 0. The maximum atomic E-state index is 5.30. The second kappa shape index (κ2) is 3.28. The summed E-state index contributed by atoms with van der Waals surface area (Å²) in [5.41, 5.74) is 1.51. The van der Waals surface area contributed by atoms with E-state index in [-0.39, 0.29) is 6.04 Å². The molecule has 3 rings (SSSR count). The lowest BCUT2D eigenvalue weighted by Gasteiger charge is -2.27. The molecule has 0 bridgehead atoms. The molecule has 0 aromatic heterocycles. The van der Waals surface area contributed by atoms with Gasteiger partial charge in [0, 0.05) is 11.1 Å². The average Bonchev–Trinajstić information content (AvgIpc) is 2.57. The topological polar surface area (TPSA) is 12.5 Å². The van der Waals surface area contributed by atoms with Crippen LogP contribution in [0.1, 0.15) is 25.7 Å². The first-order valence-corrected chi connectivity index (χ1v) is 6.10. The lowest BCUT2D eigenvalue weighted by atomic mass is 9.94. The summed E-state index contributed by atoms with van der Waals surface area (Å²) in [5, 5.41) is 0.715. The molecule has 3 aliphatic rings. The van der Waals surface area contributed by atoms with Crippen LogP contribution >= 0.6 is 24.2 Å². The zero-order chi connectivity index (χ0) is 9.54. The van der Waals surface area contributed by atoms with Gasteiger partial charge in [-0.15, -0.1) is 0 Å². The van der Waals surface area contributed by atoms with Gasteiger partial charge in [0.25, 0.3) is 0 Å². The number of hydrogen-bond donors (Lipinski definition) is 0. The van der Waals surface area contributed by atoms with Gasteiger partial charge in [-0.3, -0.25) is 0 Å². The van der Waals surface area contributed by atoms with Crippen LogP contribution in [0.5, 0.6) is 0 Å². The normalized spacial score (nSPS) is 30.1. The van der Waals surface area contributed by atoms with E-state index in [1.54, 1.807) is 6.26 Å². The van der Waals surface area contributed by atoms with Crippen LogP contribution in [0.2, 0.25) is 0 Å². The molecule has 0 amide bonds. The van der Waals surface area contributed by atoms with E-state index in [1.165, 1.54) is 36.2 Å². The second-order valence-corrected chi connectivity index (χ2v) is 5.23. The van der Waals surface area contributed by atoms with Crippen LogP contribution < -0.4 is 0 Å². The Morgan fingerprint density at radius 2 is 2.29 bits per heavy atom. The molecule has 14 heavy (non-hydrogen) atoms. The number of thiocarbonyl (C=S) groups is 1. The van der Waals surface area contributed by atoms with Crippen molar-refractivity contribution in [3.8, 4) is 0 Å². The zero-order valence-corrected chi connectivity index (χ0v) is 9.37. The Morgan fingerprint density at radius 3 is 3.21 bits per heavy atom. The number of hydrogen-bond acceptors (Lipinski definition) is 4. The van der Waals surface area contributed by atoms with Crippen LogP contribution in [0.3, 0.4) is 0 Å². The summed E-state index contributed by atoms with van der Waals surface area (Å²) in [4.78, 5) is 1.53. The van der Waals surface area contributed by atoms with Gasteiger partial charge in [-0.05, 0) is 55.4 Å². The van der Waals surface area contributed by atoms with Gasteiger partial charge in [0.2, 0.25) is 0 Å². The molecule has 1 unspecified atom stereocenters. The smallest absolute Gasteiger partial charge is 0.194 e. The van der Waals surface area contributed by atoms with Gasteiger partial charge in [0.15, 0.2) is 5.05 Å². The molecule has 1 atom stereocenters. The third-order valence-corrected chi connectivity index (χ3v) is 4.42. The summed E-state index contributed by atoms with van der Waals surface area (Å²) in [6, 6.07) is 0.246. The first kappa shape index (κ1) is 8.80. The summed E-state index contributed by atoms with van der Waals surface area (Å²) >= 11 is 7.09. The minimum absolute atomic E-state index is 0.246. The highest BCUT2D eigenvalue weighted by atomic mass is 32.2. The molecular weight excluding hydrogens is 214 g/mol. The van der Waals surface area contributed by atoms with E-state index in [4.69, 9.17) is 17.0 Å². The number of nitrogens with zero attached hydrogens (tertiary/aromatic N) is 1. The zero-order valence-electron chi connectivity index (χ0n) is 7.73. The van der Waals surface area contributed by atoms with Crippen molar-refractivity contribution in [3.63, 3.8) is 0 Å². The predicted molar refractivity (Wildman–Crippen MR) is 61.5 cm³/mol. The van der Waals surface area contributed by atoms with E-state index in [0.717, 1.165) is 0 Å². The minimum atomic E-state index is 0.246. The third-order valence-electron chi connectivity index (χ3n) is 2.87. The van der Waals surface area contributed by atoms with E-state index in [0.29, 0.717) is 5.05 Å². The quantitative estimate of drug-likeness (QED) is 0.464. The summed E-state index contributed by atoms with van der Waals surface area (Å²) in [6.07, 6.45) is 8.72. The van der Waals surface area contributed by atoms with Crippen LogP contribution in [0.4, 0.5) is 0 Å². The van der Waals surface area contributed by atoms with Gasteiger partial charge < -0.3 is 9.04 Å². The first-order chi connectivity index (χ1) is 6.86. The molecule has 0 fully saturated rings. The molecule has 2 nitrogen and oxygen atoms in total. The summed E-state index contributed by atoms with van der Waals surface area (Å²) in [5.74, 6) is 0. The van der Waals surface area contributed by atoms with E-state index >= 15 is 0 Å². The highest BCUT2D eigenvalue weighted by molar-refractivity contribution is 8.01. The predicted octanol–water partition coefficient (Wildman–Crippen LogP) is 2.98. The van der Waals surface area contributed by atoms with E-state index in [2.05, 4.69) is 4.31 Å². The van der Waals surface area contributed by atoms with Gasteiger partial charge in [0.05, 0.1) is 0 Å². The molecule has 2 heterocycles. The molecule has 74 valence electrons. The van der Waals surface area contributed by atoms with Crippen LogP contribution in [0, 0.1) is 0 Å². The fraction of sp³-hybridized carbons (Fsp3) is 0.500. The highest BCUT2D eigenvalue weighted by Gasteiger charge is 2.38. The molecule has 2 aliphatic heterocycles. The Kier molecular flexibility index (Phi) is 2.06. The molecule has 0 aromatic rings. The molecular formula is C10H11NOS2. The molecule has 1 aliphatic carbocycles. The minimum Gasteiger partial charge on any atom is -0.454 e. The first-order valence-electron chi connectivity index (χ1n) is 4.91. The summed E-state index contributed by atoms with van der Waals surface area (Å²) in [7, 11) is 0. The van der Waals surface area contributed by atoms with Crippen LogP contribution in [0.15, 0.2) is 22.9 Å². The van der Waals surface area contributed by atoms with Gasteiger partial charge in [0.1, 0.15) is 12.3 Å². The SMILES string of the molecule is S=C1OC=CN2SC3=C(CCCC3)C12. The molecule has 0 radical (unpaired) electrons. The number of fused-ring (bicyclic) bond motifs is 2. The van der Waals surface area contributed by atoms with Crippen molar-refractivity contribution < 1.29 is 4.74 Å². The second-order valence-electron chi connectivity index (χ2n) is 3.73. The van der Waals surface area contributed by atoms with Crippen molar-refractivity contribution in [1.82, 2.24) is 4.31 Å². The van der Waals surface area contributed by atoms with Gasteiger partial charge >= 0.3 is 0 Å². The fourth-order valence-electron chi connectivity index (χ4n) is 2.21. The average molecular weight is 225 g/mol. The Morgan fingerprint density at radius 1 is 1.43 bits per heavy atom. The Balaban J connectivity index is 1.98. The van der Waals surface area contributed by atoms with Crippen molar-refractivity contribution >= 4 is 29.2 Å². The molecule has 0 saturated heterocycles. The van der Waals surface area contributed by atoms with Crippen molar-refractivity contribution in [2.75, 3.05) is 0 Å². The highest BCUT2D eigenvalue weighted by Crippen LogP contribution is 2.46. The van der Waals surface area contributed by atoms with E-state index in [1.807, 2.05) is 18.1 Å². The van der Waals surface area contributed by atoms with Gasteiger partial charge in [-0.1, -0.05) is 0 Å². The van der Waals surface area contributed by atoms with Gasteiger partial charge in [-0.25, -0.2) is 0 Å². The van der Waals surface area contributed by atoms with E-state index < -0.39 is 0 Å². The maximum Gasteiger partial charge on any atom is 0.194 e. The Labute approximate surface area is 93.1 Å². The number of rotatable bonds is 0. The lowest BCUT2D eigenvalue weighted by molar-refractivity contribution is 0.390. The summed E-state index contributed by atoms with van der Waals surface area (Å²) < 4.78 is 7.53. The van der Waals surface area contributed by atoms with Gasteiger partial charge in [-0.2, -0.15) is 0 Å². The van der Waals surface area contributed by atoms with Crippen molar-refractivity contribution in [1.29, 1.82) is 0 Å². The maximum absolute atomic E-state index is 5.30. The van der Waals surface area contributed by atoms with Crippen molar-refractivity contribution in [3.05, 3.63) is 22.9 Å². The van der Waals surface area contributed by atoms with Crippen LogP contribution in [0.25, 0.3) is 0 Å². The Bertz CT molecular complexity index is 348. The molecule has 0 aromatic carbocycles. The number of ether oxygens (including phenoxy) is 1. The van der Waals surface area contributed by atoms with E-state index in [9.17, 15) is 0 Å². The Hall–Kier alpha value is -0.480. The number of allylic oxidation sites excluding steroid dienone is 1. The van der Waals surface area contributed by atoms with Crippen molar-refractivity contribution in [2.45, 2.75) is 31.7 Å². The molecule has 4 heteroatoms. The van der Waals surface area contributed by atoms with Crippen LogP contribution in [-0.2, 0) is 4.74 Å². The standard InChI is InChI=1S/C10H11NOS2/c13-10-9-7-3-1-2-4-8(7)14-11(9)5-6-12-10/h5-6,9H,1-4H2. The fourth-order valence-corrected chi connectivity index (χ4v) is 3.85. The lowest BCUT2D eigenvalue weighted by Crippen LogP contribution is -2.34.